The first-order valence-electron chi connectivity index (χ1n) is 13.5. The molecule has 0 radical (unpaired) electrons. The Labute approximate surface area is 232 Å². The molecule has 0 saturated heterocycles. The van der Waals surface area contributed by atoms with Crippen LogP contribution in [-0.4, -0.2) is 5.97 Å². The van der Waals surface area contributed by atoms with E-state index in [1.54, 1.807) is 30.3 Å². The number of carbonyl (C=O) groups excluding carboxylic acids is 1. The first-order chi connectivity index (χ1) is 18.3. The maximum atomic E-state index is 10.6. The van der Waals surface area contributed by atoms with Gasteiger partial charge in [0.15, 0.2) is 0 Å². The maximum absolute atomic E-state index is 10.6. The number of carbonyl (C=O) groups is 1. The Hall–Kier alpha value is -3.59. The van der Waals surface area contributed by atoms with Gasteiger partial charge in [0.2, 0.25) is 0 Å². The summed E-state index contributed by atoms with van der Waals surface area (Å²) >= 11 is 0. The van der Waals surface area contributed by atoms with Crippen LogP contribution >= 0.6 is 0 Å². The molecule has 3 aromatic rings. The van der Waals surface area contributed by atoms with Crippen LogP contribution in [0.1, 0.15) is 65.9 Å². The molecular weight excluding hydrogens is 468 g/mol. The van der Waals surface area contributed by atoms with Crippen molar-refractivity contribution in [3.8, 4) is 11.5 Å². The zero-order chi connectivity index (χ0) is 28.4. The summed E-state index contributed by atoms with van der Waals surface area (Å²) in [6.07, 6.45) is 8.83. The molecule has 1 aliphatic rings. The van der Waals surface area contributed by atoms with E-state index in [2.05, 4.69) is 53.0 Å². The van der Waals surface area contributed by atoms with Crippen molar-refractivity contribution in [2.24, 2.45) is 11.8 Å². The van der Waals surface area contributed by atoms with Crippen LogP contribution in [0.25, 0.3) is 0 Å². The molecule has 1 fully saturated rings. The van der Waals surface area contributed by atoms with Gasteiger partial charge in [-0.1, -0.05) is 133 Å². The second-order valence-corrected chi connectivity index (χ2v) is 9.56. The van der Waals surface area contributed by atoms with Gasteiger partial charge in [-0.25, -0.2) is 4.79 Å². The molecule has 0 N–H and O–H groups in total. The van der Waals surface area contributed by atoms with Crippen molar-refractivity contribution < 1.29 is 14.3 Å². The van der Waals surface area contributed by atoms with Crippen LogP contribution in [0.15, 0.2) is 116 Å². The normalized spacial score (nSPS) is 11.4. The van der Waals surface area contributed by atoms with Crippen molar-refractivity contribution in [2.75, 3.05) is 0 Å². The lowest BCUT2D eigenvalue weighted by molar-refractivity contribution is -0.128. The number of rotatable bonds is 5. The van der Waals surface area contributed by atoms with E-state index in [-0.39, 0.29) is 0 Å². The molecule has 0 aliphatic heterocycles. The van der Waals surface area contributed by atoms with Gasteiger partial charge in [-0.05, 0) is 48.6 Å². The number of hydrogen-bond donors (Lipinski definition) is 0. The first-order valence-corrected chi connectivity index (χ1v) is 13.5. The maximum Gasteiger partial charge on any atom is 0.335 e. The molecule has 206 valence electrons. The molecule has 3 nitrogen and oxygen atoms in total. The Morgan fingerprint density at radius 1 is 0.816 bits per heavy atom. The summed E-state index contributed by atoms with van der Waals surface area (Å²) in [5.74, 6) is 2.90. The van der Waals surface area contributed by atoms with E-state index < -0.39 is 5.97 Å². The van der Waals surface area contributed by atoms with Gasteiger partial charge in [0.25, 0.3) is 0 Å². The molecule has 0 aromatic heterocycles. The van der Waals surface area contributed by atoms with E-state index in [1.165, 1.54) is 31.2 Å². The predicted molar refractivity (Wildman–Crippen MR) is 164 cm³/mol. The average Bonchev–Trinajstić information content (AvgIpc) is 3.41. The number of para-hydroxylation sites is 2. The minimum absolute atomic E-state index is 0.434. The van der Waals surface area contributed by atoms with Crippen LogP contribution in [0.4, 0.5) is 0 Å². The molecule has 3 aromatic carbocycles. The Kier molecular flexibility index (Phi) is 21.5. The fraction of sp³-hybridized carbons (Fsp3) is 0.343. The van der Waals surface area contributed by atoms with E-state index in [1.807, 2.05) is 61.5 Å². The molecule has 0 heterocycles. The van der Waals surface area contributed by atoms with Crippen molar-refractivity contribution in [1.82, 2.24) is 0 Å². The molecule has 0 amide bonds. The minimum atomic E-state index is -0.434. The van der Waals surface area contributed by atoms with Crippen LogP contribution in [0.2, 0.25) is 0 Å². The summed E-state index contributed by atoms with van der Waals surface area (Å²) in [5.41, 5.74) is 1.19. The third kappa shape index (κ3) is 21.7. The standard InChI is InChI=1S/C13H12O.C9H8O2.C6H12.C4H10.C3H6/c1-3-7-12(8-4-1)11-14-13-9-5-2-6-10-13;1-2-9(10)11-8-6-4-3-5-7-8;1-6-4-2-3-5-6;1-4(2)3;1-3-2/h1-10H,11H2;2-7H,1H2;6H,2-5H2,1H3;4H,1-3H3;3H,1H2,2H3. The van der Waals surface area contributed by atoms with E-state index in [0.717, 1.165) is 23.7 Å². The lowest BCUT2D eigenvalue weighted by atomic mass is 10.2. The van der Waals surface area contributed by atoms with Crippen LogP contribution < -0.4 is 9.47 Å². The number of hydrogen-bond acceptors (Lipinski definition) is 3. The summed E-state index contributed by atoms with van der Waals surface area (Å²) in [6, 6.07) is 28.9. The van der Waals surface area contributed by atoms with Crippen molar-refractivity contribution in [3.63, 3.8) is 0 Å². The highest BCUT2D eigenvalue weighted by molar-refractivity contribution is 5.83. The molecule has 0 atom stereocenters. The van der Waals surface area contributed by atoms with Crippen molar-refractivity contribution >= 4 is 5.97 Å². The molecule has 0 spiro atoms. The molecular formula is C35H48O3. The summed E-state index contributed by atoms with van der Waals surface area (Å²) in [4.78, 5) is 10.6. The van der Waals surface area contributed by atoms with Crippen LogP contribution in [0, 0.1) is 11.8 Å². The van der Waals surface area contributed by atoms with E-state index in [0.29, 0.717) is 12.4 Å². The lowest BCUT2D eigenvalue weighted by Gasteiger charge is -2.05. The van der Waals surface area contributed by atoms with Crippen molar-refractivity contribution in [2.45, 2.75) is 66.9 Å². The second kappa shape index (κ2) is 23.8. The van der Waals surface area contributed by atoms with Gasteiger partial charge in [-0.2, -0.15) is 0 Å². The van der Waals surface area contributed by atoms with Gasteiger partial charge in [0, 0.05) is 6.08 Å². The highest BCUT2D eigenvalue weighted by Crippen LogP contribution is 2.23. The fourth-order valence-corrected chi connectivity index (χ4v) is 3.03. The SMILES string of the molecule is C=CC.C=CC(=O)Oc1ccccc1.CC(C)C.CC1CCCC1.c1ccc(COc2ccccc2)cc1. The average molecular weight is 517 g/mol. The number of esters is 1. The topological polar surface area (TPSA) is 35.5 Å². The van der Waals surface area contributed by atoms with Gasteiger partial charge >= 0.3 is 5.97 Å². The predicted octanol–water partition coefficient (Wildman–Crippen LogP) is 10.1. The summed E-state index contributed by atoms with van der Waals surface area (Å²) in [5, 5.41) is 0. The van der Waals surface area contributed by atoms with Crippen LogP contribution in [0.3, 0.4) is 0 Å². The van der Waals surface area contributed by atoms with E-state index in [4.69, 9.17) is 9.47 Å². The smallest absolute Gasteiger partial charge is 0.335 e. The van der Waals surface area contributed by atoms with Crippen molar-refractivity contribution in [1.29, 1.82) is 0 Å². The van der Waals surface area contributed by atoms with Crippen molar-refractivity contribution in [3.05, 3.63) is 122 Å². The van der Waals surface area contributed by atoms with Crippen LogP contribution in [0.5, 0.6) is 11.5 Å². The quantitative estimate of drug-likeness (QED) is 0.146. The third-order valence-corrected chi connectivity index (χ3v) is 4.76. The van der Waals surface area contributed by atoms with Gasteiger partial charge in [-0.15, -0.1) is 6.58 Å². The molecule has 0 bridgehead atoms. The monoisotopic (exact) mass is 516 g/mol. The summed E-state index contributed by atoms with van der Waals surface area (Å²) < 4.78 is 10.4. The lowest BCUT2D eigenvalue weighted by Crippen LogP contribution is -2.02. The Bertz CT molecular complexity index is 902. The summed E-state index contributed by atoms with van der Waals surface area (Å²) in [6.45, 7) is 18.0. The van der Waals surface area contributed by atoms with Gasteiger partial charge in [0.05, 0.1) is 0 Å². The zero-order valence-electron chi connectivity index (χ0n) is 24.1. The Morgan fingerprint density at radius 3 is 1.58 bits per heavy atom. The number of ether oxygens (including phenoxy) is 2. The van der Waals surface area contributed by atoms with Gasteiger partial charge < -0.3 is 9.47 Å². The molecule has 38 heavy (non-hydrogen) atoms. The molecule has 0 unspecified atom stereocenters. The highest BCUT2D eigenvalue weighted by atomic mass is 16.5. The van der Waals surface area contributed by atoms with Gasteiger partial charge in [0.1, 0.15) is 18.1 Å². The molecule has 4 rings (SSSR count). The highest BCUT2D eigenvalue weighted by Gasteiger charge is 2.07. The largest absolute Gasteiger partial charge is 0.489 e. The number of allylic oxidation sites excluding steroid dienone is 1. The summed E-state index contributed by atoms with van der Waals surface area (Å²) in [7, 11) is 0. The van der Waals surface area contributed by atoms with E-state index in [9.17, 15) is 4.79 Å². The Balaban J connectivity index is 0.000000505. The third-order valence-electron chi connectivity index (χ3n) is 4.76. The number of benzene rings is 3. The van der Waals surface area contributed by atoms with Crippen LogP contribution in [-0.2, 0) is 11.4 Å². The van der Waals surface area contributed by atoms with Gasteiger partial charge in [-0.3, -0.25) is 0 Å². The first kappa shape index (κ1) is 34.4. The minimum Gasteiger partial charge on any atom is -0.489 e. The second-order valence-electron chi connectivity index (χ2n) is 9.56. The van der Waals surface area contributed by atoms with E-state index >= 15 is 0 Å². The molecule has 1 aliphatic carbocycles. The molecule has 1 saturated carbocycles. The zero-order valence-corrected chi connectivity index (χ0v) is 24.1. The fourth-order valence-electron chi connectivity index (χ4n) is 3.03. The molecule has 3 heteroatoms. The Morgan fingerprint density at radius 2 is 1.21 bits per heavy atom.